The maximum atomic E-state index is 3.92. The van der Waals surface area contributed by atoms with Gasteiger partial charge in [-0.3, -0.25) is 0 Å². The van der Waals surface area contributed by atoms with Crippen molar-refractivity contribution in [2.45, 2.75) is 27.2 Å². The molecule has 1 nitrogen and oxygen atoms in total. The van der Waals surface area contributed by atoms with Crippen molar-refractivity contribution in [3.63, 3.8) is 0 Å². The van der Waals surface area contributed by atoms with E-state index < -0.39 is 0 Å². The molecular weight excluding hydrogens is 146 g/mol. The van der Waals surface area contributed by atoms with Crippen molar-refractivity contribution < 1.29 is 0 Å². The normalized spacial score (nSPS) is 11.1. The lowest BCUT2D eigenvalue weighted by Gasteiger charge is -2.08. The van der Waals surface area contributed by atoms with Crippen LogP contribution in [0.3, 0.4) is 0 Å². The Labute approximate surface area is 75.9 Å². The summed E-state index contributed by atoms with van der Waals surface area (Å²) in [5, 5.41) is 3.21. The third-order valence-electron chi connectivity index (χ3n) is 1.63. The van der Waals surface area contributed by atoms with Gasteiger partial charge in [-0.15, -0.1) is 0 Å². The van der Waals surface area contributed by atoms with Gasteiger partial charge in [0.05, 0.1) is 0 Å². The monoisotopic (exact) mass is 165 g/mol. The summed E-state index contributed by atoms with van der Waals surface area (Å²) in [7, 11) is 0. The van der Waals surface area contributed by atoms with Gasteiger partial charge >= 0.3 is 0 Å². The lowest BCUT2D eigenvalue weighted by atomic mass is 10.1. The van der Waals surface area contributed by atoms with Gasteiger partial charge in [0, 0.05) is 18.7 Å². The van der Waals surface area contributed by atoms with Crippen molar-refractivity contribution >= 4 is 0 Å². The molecule has 0 aromatic carbocycles. The molecule has 68 valence electrons. The fraction of sp³-hybridized carbons (Fsp3) is 0.455. The van der Waals surface area contributed by atoms with E-state index in [4.69, 9.17) is 0 Å². The van der Waals surface area contributed by atoms with E-state index in [-0.39, 0.29) is 0 Å². The van der Waals surface area contributed by atoms with Crippen LogP contribution in [0.15, 0.2) is 36.1 Å². The molecule has 1 heteroatoms. The maximum Gasteiger partial charge on any atom is 0.0351 e. The predicted octanol–water partition coefficient (Wildman–Crippen LogP) is 3.02. The van der Waals surface area contributed by atoms with Gasteiger partial charge in [0.2, 0.25) is 0 Å². The van der Waals surface area contributed by atoms with Crippen LogP contribution in [0.25, 0.3) is 0 Å². The highest BCUT2D eigenvalue weighted by molar-refractivity contribution is 5.10. The van der Waals surface area contributed by atoms with E-state index in [9.17, 15) is 0 Å². The van der Waals surface area contributed by atoms with Crippen LogP contribution < -0.4 is 5.32 Å². The van der Waals surface area contributed by atoms with Gasteiger partial charge in [-0.1, -0.05) is 30.4 Å². The first-order valence-electron chi connectivity index (χ1n) is 4.24. The highest BCUT2D eigenvalue weighted by atomic mass is 14.9. The van der Waals surface area contributed by atoms with Crippen molar-refractivity contribution in [1.82, 2.24) is 5.32 Å². The first-order chi connectivity index (χ1) is 5.56. The van der Waals surface area contributed by atoms with E-state index in [0.717, 1.165) is 24.2 Å². The number of allylic oxidation sites excluding steroid dienone is 2. The van der Waals surface area contributed by atoms with Crippen LogP contribution in [0.4, 0.5) is 0 Å². The molecule has 1 N–H and O–H groups in total. The van der Waals surface area contributed by atoms with Crippen molar-refractivity contribution in [2.24, 2.45) is 0 Å². The quantitative estimate of drug-likeness (QED) is 0.617. The van der Waals surface area contributed by atoms with Crippen LogP contribution in [0.5, 0.6) is 0 Å². The fourth-order valence-electron chi connectivity index (χ4n) is 0.777. The molecule has 0 amide bonds. The summed E-state index contributed by atoms with van der Waals surface area (Å²) in [4.78, 5) is 0. The van der Waals surface area contributed by atoms with Crippen LogP contribution in [-0.2, 0) is 0 Å². The second-order valence-corrected chi connectivity index (χ2v) is 3.23. The maximum absolute atomic E-state index is 3.92. The Balaban J connectivity index is 3.68. The third-order valence-corrected chi connectivity index (χ3v) is 1.63. The van der Waals surface area contributed by atoms with Gasteiger partial charge in [-0.05, 0) is 20.8 Å². The summed E-state index contributed by atoms with van der Waals surface area (Å²) in [5.41, 5.74) is 3.54. The predicted molar refractivity (Wildman–Crippen MR) is 56.0 cm³/mol. The number of rotatable bonds is 5. The summed E-state index contributed by atoms with van der Waals surface area (Å²) in [5.74, 6) is 0. The standard InChI is InChI=1S/C11H19N/c1-6-10(4)7-11(5)12-8-9(2)3/h6,12H,2,5,7-8H2,1,3-4H3/b10-6+. The van der Waals surface area contributed by atoms with Crippen molar-refractivity contribution in [2.75, 3.05) is 6.54 Å². The molecule has 0 aliphatic carbocycles. The van der Waals surface area contributed by atoms with Gasteiger partial charge in [-0.25, -0.2) is 0 Å². The van der Waals surface area contributed by atoms with Gasteiger partial charge in [-0.2, -0.15) is 0 Å². The summed E-state index contributed by atoms with van der Waals surface area (Å²) in [6, 6.07) is 0. The topological polar surface area (TPSA) is 12.0 Å². The minimum Gasteiger partial charge on any atom is -0.385 e. The number of hydrogen-bond acceptors (Lipinski definition) is 1. The van der Waals surface area contributed by atoms with E-state index in [1.807, 2.05) is 13.8 Å². The van der Waals surface area contributed by atoms with Gasteiger partial charge < -0.3 is 5.32 Å². The summed E-state index contributed by atoms with van der Waals surface area (Å²) in [6.45, 7) is 14.7. The number of hydrogen-bond donors (Lipinski definition) is 1. The second kappa shape index (κ2) is 5.64. The van der Waals surface area contributed by atoms with Gasteiger partial charge in [0.1, 0.15) is 0 Å². The van der Waals surface area contributed by atoms with E-state index in [2.05, 4.69) is 31.5 Å². The lowest BCUT2D eigenvalue weighted by molar-refractivity contribution is 0.834. The van der Waals surface area contributed by atoms with Crippen molar-refractivity contribution in [3.05, 3.63) is 36.1 Å². The largest absolute Gasteiger partial charge is 0.385 e. The van der Waals surface area contributed by atoms with Gasteiger partial charge in [0.25, 0.3) is 0 Å². The van der Waals surface area contributed by atoms with E-state index >= 15 is 0 Å². The van der Waals surface area contributed by atoms with Crippen LogP contribution >= 0.6 is 0 Å². The minimum atomic E-state index is 0.829. The van der Waals surface area contributed by atoms with Crippen LogP contribution in [-0.4, -0.2) is 6.54 Å². The van der Waals surface area contributed by atoms with E-state index in [0.29, 0.717) is 0 Å². The van der Waals surface area contributed by atoms with Gasteiger partial charge in [0.15, 0.2) is 0 Å². The summed E-state index contributed by atoms with van der Waals surface area (Å²) < 4.78 is 0. The Morgan fingerprint density at radius 1 is 1.33 bits per heavy atom. The Morgan fingerprint density at radius 2 is 1.92 bits per heavy atom. The molecule has 0 fully saturated rings. The number of nitrogens with one attached hydrogen (secondary N) is 1. The zero-order valence-corrected chi connectivity index (χ0v) is 8.41. The molecular formula is C11H19N. The van der Waals surface area contributed by atoms with E-state index in [1.54, 1.807) is 0 Å². The molecule has 0 aromatic heterocycles. The van der Waals surface area contributed by atoms with Crippen molar-refractivity contribution in [3.8, 4) is 0 Å². The zero-order valence-electron chi connectivity index (χ0n) is 8.41. The molecule has 0 spiro atoms. The molecule has 0 saturated heterocycles. The molecule has 12 heavy (non-hydrogen) atoms. The van der Waals surface area contributed by atoms with Crippen LogP contribution in [0.1, 0.15) is 27.2 Å². The minimum absolute atomic E-state index is 0.829. The average Bonchev–Trinajstić information content (AvgIpc) is 2.00. The highest BCUT2D eigenvalue weighted by Gasteiger charge is 1.93. The fourth-order valence-corrected chi connectivity index (χ4v) is 0.777. The SMILES string of the molecule is C=C(C)CNC(=C)C/C(C)=C/C. The molecule has 0 rings (SSSR count). The smallest absolute Gasteiger partial charge is 0.0351 e. The molecule has 0 unspecified atom stereocenters. The molecule has 0 heterocycles. The molecule has 0 radical (unpaired) electrons. The Morgan fingerprint density at radius 3 is 2.33 bits per heavy atom. The molecule has 0 bridgehead atoms. The lowest BCUT2D eigenvalue weighted by Crippen LogP contribution is -2.14. The zero-order chi connectivity index (χ0) is 9.56. The molecule has 0 saturated carbocycles. The summed E-state index contributed by atoms with van der Waals surface area (Å²) in [6.07, 6.45) is 3.04. The highest BCUT2D eigenvalue weighted by Crippen LogP contribution is 2.05. The molecule has 0 aliphatic rings. The third kappa shape index (κ3) is 5.78. The average molecular weight is 165 g/mol. The first kappa shape index (κ1) is 11.0. The van der Waals surface area contributed by atoms with Crippen molar-refractivity contribution in [1.29, 1.82) is 0 Å². The van der Waals surface area contributed by atoms with Crippen LogP contribution in [0.2, 0.25) is 0 Å². The molecule has 0 aromatic rings. The Bertz CT molecular complexity index is 199. The molecule has 0 atom stereocenters. The first-order valence-corrected chi connectivity index (χ1v) is 4.24. The Hall–Kier alpha value is -0.980. The summed E-state index contributed by atoms with van der Waals surface area (Å²) >= 11 is 0. The molecule has 0 aliphatic heterocycles. The second-order valence-electron chi connectivity index (χ2n) is 3.23. The van der Waals surface area contributed by atoms with E-state index in [1.165, 1.54) is 5.57 Å². The Kier molecular flexibility index (Phi) is 5.18. The van der Waals surface area contributed by atoms with Crippen LogP contribution in [0, 0.1) is 0 Å².